The van der Waals surface area contributed by atoms with Crippen LogP contribution in [0.25, 0.3) is 6.08 Å². The van der Waals surface area contributed by atoms with E-state index in [4.69, 9.17) is 4.74 Å². The first kappa shape index (κ1) is 26.4. The number of hydrogen-bond donors (Lipinski definition) is 2. The van der Waals surface area contributed by atoms with E-state index in [1.54, 1.807) is 26.8 Å². The van der Waals surface area contributed by atoms with Gasteiger partial charge in [-0.25, -0.2) is 17.9 Å². The fourth-order valence-corrected chi connectivity index (χ4v) is 4.44. The summed E-state index contributed by atoms with van der Waals surface area (Å²) in [6.45, 7) is 10.6. The quantitative estimate of drug-likeness (QED) is 0.377. The van der Waals surface area contributed by atoms with E-state index in [-0.39, 0.29) is 12.0 Å². The van der Waals surface area contributed by atoms with Gasteiger partial charge in [-0.1, -0.05) is 32.4 Å². The van der Waals surface area contributed by atoms with Gasteiger partial charge >= 0.3 is 5.97 Å². The molecule has 1 atom stereocenters. The third kappa shape index (κ3) is 8.58. The summed E-state index contributed by atoms with van der Waals surface area (Å²) in [5, 5.41) is 3.48. The lowest BCUT2D eigenvalue weighted by Gasteiger charge is -2.31. The van der Waals surface area contributed by atoms with Crippen molar-refractivity contribution < 1.29 is 17.9 Å². The summed E-state index contributed by atoms with van der Waals surface area (Å²) in [6.07, 6.45) is 7.98. The molecule has 6 nitrogen and oxygen atoms in total. The Hall–Kier alpha value is -1.86. The standard InChI is InChI=1S/C25H40N2O4S/c1-6-19(2)18-31-24(28)16-11-20-7-12-22(13-8-20)26-17-21-9-14-23(15-10-21)27-32(29,30)25(3,4)5/h7-8,11-13,16,19,21,23,26-27H,6,9-10,14-15,17-18H2,1-5H3/b16-11+. The highest BCUT2D eigenvalue weighted by molar-refractivity contribution is 7.90. The van der Waals surface area contributed by atoms with E-state index < -0.39 is 14.8 Å². The van der Waals surface area contributed by atoms with Gasteiger partial charge in [-0.3, -0.25) is 0 Å². The molecule has 32 heavy (non-hydrogen) atoms. The highest BCUT2D eigenvalue weighted by Crippen LogP contribution is 2.26. The van der Waals surface area contributed by atoms with Crippen LogP contribution in [0, 0.1) is 11.8 Å². The van der Waals surface area contributed by atoms with Crippen LogP contribution in [-0.4, -0.2) is 38.3 Å². The molecular weight excluding hydrogens is 424 g/mol. The average Bonchev–Trinajstić information content (AvgIpc) is 2.75. The molecular formula is C25H40N2O4S. The number of anilines is 1. The van der Waals surface area contributed by atoms with Gasteiger partial charge in [0, 0.05) is 24.4 Å². The zero-order valence-electron chi connectivity index (χ0n) is 20.2. The first-order valence-electron chi connectivity index (χ1n) is 11.7. The topological polar surface area (TPSA) is 84.5 Å². The van der Waals surface area contributed by atoms with Crippen LogP contribution in [-0.2, 0) is 19.6 Å². The average molecular weight is 465 g/mol. The number of sulfonamides is 1. The van der Waals surface area contributed by atoms with Crippen molar-refractivity contribution in [2.24, 2.45) is 11.8 Å². The van der Waals surface area contributed by atoms with Gasteiger partial charge in [0.25, 0.3) is 0 Å². The van der Waals surface area contributed by atoms with Crippen LogP contribution < -0.4 is 10.0 Å². The van der Waals surface area contributed by atoms with Crippen LogP contribution >= 0.6 is 0 Å². The highest BCUT2D eigenvalue weighted by atomic mass is 32.2. The molecule has 0 aliphatic heterocycles. The van der Waals surface area contributed by atoms with Crippen LogP contribution in [0.15, 0.2) is 30.3 Å². The summed E-state index contributed by atoms with van der Waals surface area (Å²) >= 11 is 0. The van der Waals surface area contributed by atoms with E-state index in [2.05, 4.69) is 23.9 Å². The number of nitrogens with one attached hydrogen (secondary N) is 2. The molecule has 180 valence electrons. The molecule has 0 bridgehead atoms. The van der Waals surface area contributed by atoms with E-state index in [1.807, 2.05) is 24.3 Å². The number of esters is 1. The van der Waals surface area contributed by atoms with Gasteiger partial charge in [0.05, 0.1) is 11.4 Å². The Kier molecular flexibility index (Phi) is 9.77. The van der Waals surface area contributed by atoms with Crippen molar-refractivity contribution in [1.29, 1.82) is 0 Å². The van der Waals surface area contributed by atoms with Crippen LogP contribution in [0.4, 0.5) is 5.69 Å². The van der Waals surface area contributed by atoms with Crippen molar-refractivity contribution in [2.45, 2.75) is 77.5 Å². The van der Waals surface area contributed by atoms with Crippen LogP contribution in [0.2, 0.25) is 0 Å². The summed E-state index contributed by atoms with van der Waals surface area (Å²) in [6, 6.07) is 8.00. The van der Waals surface area contributed by atoms with Crippen molar-refractivity contribution in [3.63, 3.8) is 0 Å². The number of carbonyl (C=O) groups is 1. The third-order valence-corrected chi connectivity index (χ3v) is 8.36. The van der Waals surface area contributed by atoms with Gasteiger partial charge in [0.2, 0.25) is 10.0 Å². The summed E-state index contributed by atoms with van der Waals surface area (Å²) in [7, 11) is -3.29. The van der Waals surface area contributed by atoms with E-state index in [9.17, 15) is 13.2 Å². The molecule has 1 unspecified atom stereocenters. The number of carbonyl (C=O) groups excluding carboxylic acids is 1. The maximum Gasteiger partial charge on any atom is 0.330 e. The van der Waals surface area contributed by atoms with Crippen molar-refractivity contribution >= 4 is 27.8 Å². The zero-order chi connectivity index (χ0) is 23.8. The Morgan fingerprint density at radius 3 is 2.34 bits per heavy atom. The minimum atomic E-state index is -3.29. The van der Waals surface area contributed by atoms with E-state index in [0.717, 1.165) is 49.9 Å². The Morgan fingerprint density at radius 1 is 1.16 bits per heavy atom. The first-order valence-corrected chi connectivity index (χ1v) is 13.2. The lowest BCUT2D eigenvalue weighted by atomic mass is 9.86. The first-order chi connectivity index (χ1) is 15.0. The smallest absolute Gasteiger partial charge is 0.330 e. The normalized spacial score (nSPS) is 20.8. The molecule has 1 aromatic carbocycles. The fourth-order valence-electron chi connectivity index (χ4n) is 3.41. The van der Waals surface area contributed by atoms with Crippen molar-refractivity contribution in [3.8, 4) is 0 Å². The van der Waals surface area contributed by atoms with Gasteiger partial charge < -0.3 is 10.1 Å². The number of hydrogen-bond acceptors (Lipinski definition) is 5. The minimum absolute atomic E-state index is 0.0402. The monoisotopic (exact) mass is 464 g/mol. The minimum Gasteiger partial charge on any atom is -0.462 e. The fraction of sp³-hybridized carbons (Fsp3) is 0.640. The van der Waals surface area contributed by atoms with E-state index >= 15 is 0 Å². The molecule has 0 radical (unpaired) electrons. The summed E-state index contributed by atoms with van der Waals surface area (Å²) in [5.74, 6) is 0.596. The van der Waals surface area contributed by atoms with Crippen LogP contribution in [0.5, 0.6) is 0 Å². The number of benzene rings is 1. The lowest BCUT2D eigenvalue weighted by Crippen LogP contribution is -2.46. The molecule has 0 spiro atoms. The molecule has 1 fully saturated rings. The van der Waals surface area contributed by atoms with Gasteiger partial charge in [0.15, 0.2) is 0 Å². The Labute approximate surface area is 194 Å². The molecule has 0 amide bonds. The summed E-state index contributed by atoms with van der Waals surface area (Å²) in [4.78, 5) is 11.8. The van der Waals surface area contributed by atoms with Crippen molar-refractivity contribution in [2.75, 3.05) is 18.5 Å². The number of ether oxygens (including phenoxy) is 1. The molecule has 0 aromatic heterocycles. The molecule has 1 aliphatic carbocycles. The Balaban J connectivity index is 1.73. The SMILES string of the molecule is CCC(C)COC(=O)/C=C/c1ccc(NCC2CCC(NS(=O)(=O)C(C)(C)C)CC2)cc1. The molecule has 0 saturated heterocycles. The van der Waals surface area contributed by atoms with Gasteiger partial charge in [-0.2, -0.15) is 0 Å². The van der Waals surface area contributed by atoms with E-state index in [1.165, 1.54) is 6.08 Å². The second kappa shape index (κ2) is 11.8. The summed E-state index contributed by atoms with van der Waals surface area (Å²) in [5.41, 5.74) is 1.99. The largest absolute Gasteiger partial charge is 0.462 e. The van der Waals surface area contributed by atoms with Gasteiger partial charge in [-0.05, 0) is 82.1 Å². The van der Waals surface area contributed by atoms with E-state index in [0.29, 0.717) is 18.4 Å². The van der Waals surface area contributed by atoms with Gasteiger partial charge in [0.1, 0.15) is 0 Å². The van der Waals surface area contributed by atoms with Gasteiger partial charge in [-0.15, -0.1) is 0 Å². The summed E-state index contributed by atoms with van der Waals surface area (Å²) < 4.78 is 32.0. The molecule has 1 saturated carbocycles. The molecule has 7 heteroatoms. The zero-order valence-corrected chi connectivity index (χ0v) is 21.0. The number of rotatable bonds is 10. The second-order valence-corrected chi connectivity index (χ2v) is 12.4. The molecule has 1 aliphatic rings. The molecule has 1 aromatic rings. The van der Waals surface area contributed by atoms with Crippen LogP contribution in [0.1, 0.15) is 72.3 Å². The highest BCUT2D eigenvalue weighted by Gasteiger charge is 2.32. The molecule has 0 heterocycles. The lowest BCUT2D eigenvalue weighted by molar-refractivity contribution is -0.138. The maximum atomic E-state index is 12.3. The van der Waals surface area contributed by atoms with Crippen molar-refractivity contribution in [1.82, 2.24) is 4.72 Å². The maximum absolute atomic E-state index is 12.3. The second-order valence-electron chi connectivity index (χ2n) is 9.93. The van der Waals surface area contributed by atoms with Crippen molar-refractivity contribution in [3.05, 3.63) is 35.9 Å². The third-order valence-electron chi connectivity index (χ3n) is 6.10. The predicted octanol–water partition coefficient (Wildman–Crippen LogP) is 4.98. The molecule has 2 N–H and O–H groups in total. The molecule has 2 rings (SSSR count). The predicted molar refractivity (Wildman–Crippen MR) is 132 cm³/mol. The van der Waals surface area contributed by atoms with Crippen LogP contribution in [0.3, 0.4) is 0 Å². The Bertz CT molecular complexity index is 849. The Morgan fingerprint density at radius 2 is 1.78 bits per heavy atom.